The molecular formula is C17H29NO3. The fraction of sp³-hybridized carbons (Fsp3) is 0.882. The molecule has 0 spiro atoms. The lowest BCUT2D eigenvalue weighted by molar-refractivity contribution is -0.146. The summed E-state index contributed by atoms with van der Waals surface area (Å²) in [7, 11) is 0. The number of rotatable bonds is 5. The van der Waals surface area contributed by atoms with Gasteiger partial charge in [0.05, 0.1) is 5.92 Å². The Morgan fingerprint density at radius 2 is 1.90 bits per heavy atom. The third kappa shape index (κ3) is 3.78. The molecule has 4 unspecified atom stereocenters. The topological polar surface area (TPSA) is 57.6 Å². The fourth-order valence-corrected chi connectivity index (χ4v) is 4.18. The van der Waals surface area contributed by atoms with Crippen LogP contribution in [0.25, 0.3) is 0 Å². The van der Waals surface area contributed by atoms with Crippen molar-refractivity contribution in [3.05, 3.63) is 0 Å². The van der Waals surface area contributed by atoms with Gasteiger partial charge in [-0.3, -0.25) is 9.59 Å². The van der Waals surface area contributed by atoms with Crippen LogP contribution in [-0.2, 0) is 9.59 Å². The van der Waals surface area contributed by atoms with Gasteiger partial charge in [0.25, 0.3) is 0 Å². The van der Waals surface area contributed by atoms with Crippen LogP contribution in [0.5, 0.6) is 0 Å². The molecule has 1 amide bonds. The first kappa shape index (κ1) is 16.3. The average Bonchev–Trinajstić information content (AvgIpc) is 2.96. The number of aliphatic carboxylic acids is 1. The van der Waals surface area contributed by atoms with Gasteiger partial charge in [0.2, 0.25) is 5.91 Å². The lowest BCUT2D eigenvalue weighted by Crippen LogP contribution is -2.44. The largest absolute Gasteiger partial charge is 0.481 e. The van der Waals surface area contributed by atoms with Crippen LogP contribution in [0, 0.1) is 17.8 Å². The van der Waals surface area contributed by atoms with Crippen LogP contribution in [0.2, 0.25) is 0 Å². The smallest absolute Gasteiger partial charge is 0.306 e. The highest BCUT2D eigenvalue weighted by atomic mass is 16.4. The molecule has 0 aromatic heterocycles. The highest BCUT2D eigenvalue weighted by Gasteiger charge is 2.38. The molecule has 1 saturated heterocycles. The zero-order valence-corrected chi connectivity index (χ0v) is 13.4. The Hall–Kier alpha value is -1.06. The molecule has 1 saturated carbocycles. The van der Waals surface area contributed by atoms with Crippen LogP contribution in [0.15, 0.2) is 0 Å². The maximum absolute atomic E-state index is 12.8. The second kappa shape index (κ2) is 7.28. The van der Waals surface area contributed by atoms with Gasteiger partial charge in [-0.25, -0.2) is 0 Å². The average molecular weight is 295 g/mol. The van der Waals surface area contributed by atoms with Crippen molar-refractivity contribution in [3.8, 4) is 0 Å². The van der Waals surface area contributed by atoms with Crippen LogP contribution in [0.4, 0.5) is 0 Å². The summed E-state index contributed by atoms with van der Waals surface area (Å²) in [6, 6.07) is 0.377. The monoisotopic (exact) mass is 295 g/mol. The van der Waals surface area contributed by atoms with Gasteiger partial charge in [0, 0.05) is 18.5 Å². The Kier molecular flexibility index (Phi) is 5.65. The van der Waals surface area contributed by atoms with Crippen molar-refractivity contribution < 1.29 is 14.7 Å². The molecule has 2 aliphatic rings. The summed E-state index contributed by atoms with van der Waals surface area (Å²) < 4.78 is 0. The first-order chi connectivity index (χ1) is 10.0. The molecule has 4 atom stereocenters. The van der Waals surface area contributed by atoms with Gasteiger partial charge in [-0.2, -0.15) is 0 Å². The van der Waals surface area contributed by atoms with Crippen LogP contribution in [0.3, 0.4) is 0 Å². The predicted octanol–water partition coefficient (Wildman–Crippen LogP) is 3.30. The predicted molar refractivity (Wildman–Crippen MR) is 81.9 cm³/mol. The molecule has 21 heavy (non-hydrogen) atoms. The normalized spacial score (nSPS) is 31.1. The molecule has 1 aliphatic carbocycles. The maximum atomic E-state index is 12.8. The van der Waals surface area contributed by atoms with Crippen LogP contribution < -0.4 is 0 Å². The fourth-order valence-electron chi connectivity index (χ4n) is 4.18. The molecule has 1 aliphatic heterocycles. The zero-order valence-electron chi connectivity index (χ0n) is 13.4. The molecule has 2 fully saturated rings. The maximum Gasteiger partial charge on any atom is 0.306 e. The Bertz CT molecular complexity index is 382. The van der Waals surface area contributed by atoms with Crippen molar-refractivity contribution in [2.24, 2.45) is 17.8 Å². The molecule has 1 N–H and O–H groups in total. The lowest BCUT2D eigenvalue weighted by Gasteiger charge is -2.34. The third-order valence-corrected chi connectivity index (χ3v) is 5.36. The molecule has 120 valence electrons. The van der Waals surface area contributed by atoms with Crippen LogP contribution in [0.1, 0.15) is 65.2 Å². The van der Waals surface area contributed by atoms with Gasteiger partial charge in [-0.1, -0.05) is 26.7 Å². The standard InChI is InChI=1S/C17H29NO3/c1-3-6-12(2)15-9-5-10-18(15)16(19)13-7-4-8-14(11-13)17(20)21/h12-15H,3-11H2,1-2H3,(H,20,21). The number of carboxylic acid groups (broad SMARTS) is 1. The highest BCUT2D eigenvalue weighted by Crippen LogP contribution is 2.34. The molecule has 2 rings (SSSR count). The van der Waals surface area contributed by atoms with E-state index in [0.29, 0.717) is 18.4 Å². The van der Waals surface area contributed by atoms with E-state index >= 15 is 0 Å². The van der Waals surface area contributed by atoms with Gasteiger partial charge in [0.1, 0.15) is 0 Å². The van der Waals surface area contributed by atoms with Gasteiger partial charge < -0.3 is 10.0 Å². The van der Waals surface area contributed by atoms with E-state index in [2.05, 4.69) is 18.7 Å². The molecule has 0 aromatic rings. The van der Waals surface area contributed by atoms with E-state index in [1.807, 2.05) is 0 Å². The van der Waals surface area contributed by atoms with Gasteiger partial charge in [0.15, 0.2) is 0 Å². The van der Waals surface area contributed by atoms with Gasteiger partial charge in [-0.05, 0) is 44.4 Å². The Morgan fingerprint density at radius 3 is 2.57 bits per heavy atom. The number of likely N-dealkylation sites (tertiary alicyclic amines) is 1. The third-order valence-electron chi connectivity index (χ3n) is 5.36. The van der Waals surface area contributed by atoms with Crippen molar-refractivity contribution in [3.63, 3.8) is 0 Å². The summed E-state index contributed by atoms with van der Waals surface area (Å²) >= 11 is 0. The number of carbonyl (C=O) groups excluding carboxylic acids is 1. The number of hydrogen-bond acceptors (Lipinski definition) is 2. The first-order valence-corrected chi connectivity index (χ1v) is 8.57. The number of carboxylic acids is 1. The summed E-state index contributed by atoms with van der Waals surface area (Å²) in [6.45, 7) is 5.31. The molecule has 0 radical (unpaired) electrons. The molecule has 4 heteroatoms. The summed E-state index contributed by atoms with van der Waals surface area (Å²) in [4.78, 5) is 26.1. The Balaban J connectivity index is 1.99. The lowest BCUT2D eigenvalue weighted by atomic mass is 9.80. The van der Waals surface area contributed by atoms with Gasteiger partial charge in [-0.15, -0.1) is 0 Å². The number of carbonyl (C=O) groups is 2. The molecule has 0 aromatic carbocycles. The van der Waals surface area contributed by atoms with Crippen molar-refractivity contribution in [1.82, 2.24) is 4.90 Å². The van der Waals surface area contributed by atoms with Crippen LogP contribution >= 0.6 is 0 Å². The van der Waals surface area contributed by atoms with Crippen molar-refractivity contribution in [2.45, 2.75) is 71.3 Å². The number of hydrogen-bond donors (Lipinski definition) is 1. The van der Waals surface area contributed by atoms with Crippen molar-refractivity contribution in [1.29, 1.82) is 0 Å². The van der Waals surface area contributed by atoms with E-state index in [1.54, 1.807) is 0 Å². The van der Waals surface area contributed by atoms with E-state index in [0.717, 1.165) is 51.5 Å². The minimum atomic E-state index is -0.732. The summed E-state index contributed by atoms with van der Waals surface area (Å²) in [5.74, 6) is -0.326. The summed E-state index contributed by atoms with van der Waals surface area (Å²) in [6.07, 6.45) is 7.54. The first-order valence-electron chi connectivity index (χ1n) is 8.57. The molecule has 1 heterocycles. The van der Waals surface area contributed by atoms with E-state index in [1.165, 1.54) is 0 Å². The van der Waals surface area contributed by atoms with E-state index in [4.69, 9.17) is 0 Å². The SMILES string of the molecule is CCCC(C)C1CCCN1C(=O)C1CCCC(C(=O)O)C1. The molecular weight excluding hydrogens is 266 g/mol. The molecule has 4 nitrogen and oxygen atoms in total. The Morgan fingerprint density at radius 1 is 1.19 bits per heavy atom. The Labute approximate surface area is 127 Å². The second-order valence-electron chi connectivity index (χ2n) is 6.91. The quantitative estimate of drug-likeness (QED) is 0.846. The highest BCUT2D eigenvalue weighted by molar-refractivity contribution is 5.81. The summed E-state index contributed by atoms with van der Waals surface area (Å²) in [5.41, 5.74) is 0. The van der Waals surface area contributed by atoms with E-state index in [9.17, 15) is 14.7 Å². The molecule has 0 bridgehead atoms. The number of amides is 1. The summed E-state index contributed by atoms with van der Waals surface area (Å²) in [5, 5.41) is 9.19. The second-order valence-corrected chi connectivity index (χ2v) is 6.91. The zero-order chi connectivity index (χ0) is 15.4. The van der Waals surface area contributed by atoms with Crippen molar-refractivity contribution >= 4 is 11.9 Å². The van der Waals surface area contributed by atoms with Gasteiger partial charge >= 0.3 is 5.97 Å². The van der Waals surface area contributed by atoms with E-state index < -0.39 is 5.97 Å². The van der Waals surface area contributed by atoms with E-state index in [-0.39, 0.29) is 17.7 Å². The minimum absolute atomic E-state index is 0.0609. The van der Waals surface area contributed by atoms with Crippen LogP contribution in [-0.4, -0.2) is 34.5 Å². The minimum Gasteiger partial charge on any atom is -0.481 e. The van der Waals surface area contributed by atoms with Crippen molar-refractivity contribution in [2.75, 3.05) is 6.54 Å². The number of nitrogens with zero attached hydrogens (tertiary/aromatic N) is 1.